The van der Waals surface area contributed by atoms with E-state index in [-0.39, 0.29) is 6.54 Å². The third kappa shape index (κ3) is 4.27. The summed E-state index contributed by atoms with van der Waals surface area (Å²) in [6, 6.07) is 9.00. The SMILES string of the molecule is O=C1NCC(C(=O)N/N=C/C=C/c2ccccc2)C(=O)N1. The predicted octanol–water partition coefficient (Wildman–Crippen LogP) is 0.257. The van der Waals surface area contributed by atoms with Gasteiger partial charge in [-0.1, -0.05) is 36.4 Å². The second kappa shape index (κ2) is 6.99. The molecule has 2 rings (SSSR count). The molecule has 108 valence electrons. The van der Waals surface area contributed by atoms with Crippen LogP contribution in [0.1, 0.15) is 5.56 Å². The minimum Gasteiger partial charge on any atom is -0.336 e. The Balaban J connectivity index is 1.81. The number of nitrogens with one attached hydrogen (secondary N) is 3. The molecule has 1 unspecified atom stereocenters. The number of amides is 4. The zero-order valence-electron chi connectivity index (χ0n) is 11.1. The highest BCUT2D eigenvalue weighted by Crippen LogP contribution is 2.01. The van der Waals surface area contributed by atoms with Crippen LogP contribution >= 0.6 is 0 Å². The number of hydrogen-bond acceptors (Lipinski definition) is 4. The molecule has 0 saturated carbocycles. The Morgan fingerprint density at radius 3 is 2.76 bits per heavy atom. The first-order chi connectivity index (χ1) is 10.2. The van der Waals surface area contributed by atoms with E-state index in [0.717, 1.165) is 5.56 Å². The fourth-order valence-electron chi connectivity index (χ4n) is 1.68. The van der Waals surface area contributed by atoms with Crippen LogP contribution in [0.4, 0.5) is 4.79 Å². The Bertz CT molecular complexity index is 595. The third-order valence-corrected chi connectivity index (χ3v) is 2.76. The van der Waals surface area contributed by atoms with Crippen LogP contribution in [0.25, 0.3) is 6.08 Å². The van der Waals surface area contributed by atoms with Crippen LogP contribution in [0.2, 0.25) is 0 Å². The zero-order valence-corrected chi connectivity index (χ0v) is 11.1. The second-order valence-corrected chi connectivity index (χ2v) is 4.28. The Morgan fingerprint density at radius 1 is 1.29 bits per heavy atom. The van der Waals surface area contributed by atoms with Crippen LogP contribution in [-0.2, 0) is 9.59 Å². The minimum atomic E-state index is -0.974. The molecule has 0 aliphatic carbocycles. The molecule has 1 aliphatic rings. The van der Waals surface area contributed by atoms with Crippen molar-refractivity contribution < 1.29 is 14.4 Å². The molecule has 1 aromatic rings. The molecular formula is C14H14N4O3. The number of carbonyl (C=O) groups is 3. The fourth-order valence-corrected chi connectivity index (χ4v) is 1.68. The summed E-state index contributed by atoms with van der Waals surface area (Å²) in [4.78, 5) is 34.0. The predicted molar refractivity (Wildman–Crippen MR) is 77.1 cm³/mol. The number of urea groups is 1. The molecular weight excluding hydrogens is 272 g/mol. The molecule has 3 N–H and O–H groups in total. The molecule has 0 bridgehead atoms. The lowest BCUT2D eigenvalue weighted by Gasteiger charge is -2.20. The van der Waals surface area contributed by atoms with Gasteiger partial charge in [0.15, 0.2) is 0 Å². The molecule has 7 nitrogen and oxygen atoms in total. The van der Waals surface area contributed by atoms with Gasteiger partial charge in [-0.2, -0.15) is 5.10 Å². The molecule has 1 saturated heterocycles. The van der Waals surface area contributed by atoms with Crippen molar-refractivity contribution >= 4 is 30.1 Å². The Kier molecular flexibility index (Phi) is 4.81. The Labute approximate surface area is 121 Å². The summed E-state index contributed by atoms with van der Waals surface area (Å²) in [6.07, 6.45) is 4.89. The smallest absolute Gasteiger partial charge is 0.321 e. The van der Waals surface area contributed by atoms with Crippen molar-refractivity contribution in [2.24, 2.45) is 11.0 Å². The van der Waals surface area contributed by atoms with E-state index in [1.54, 1.807) is 6.08 Å². The number of benzene rings is 1. The summed E-state index contributed by atoms with van der Waals surface area (Å²) in [7, 11) is 0. The molecule has 1 atom stereocenters. The highest BCUT2D eigenvalue weighted by molar-refractivity contribution is 6.08. The highest BCUT2D eigenvalue weighted by atomic mass is 16.2. The first-order valence-corrected chi connectivity index (χ1v) is 6.30. The summed E-state index contributed by atoms with van der Waals surface area (Å²) in [5.74, 6) is -2.18. The van der Waals surface area contributed by atoms with Crippen LogP contribution in [0, 0.1) is 5.92 Å². The molecule has 0 radical (unpaired) electrons. The van der Waals surface area contributed by atoms with Crippen molar-refractivity contribution in [3.63, 3.8) is 0 Å². The molecule has 1 aliphatic heterocycles. The van der Waals surface area contributed by atoms with Gasteiger partial charge >= 0.3 is 6.03 Å². The van der Waals surface area contributed by atoms with Gasteiger partial charge in [0.05, 0.1) is 0 Å². The van der Waals surface area contributed by atoms with E-state index in [1.165, 1.54) is 6.21 Å². The van der Waals surface area contributed by atoms with Crippen molar-refractivity contribution in [2.75, 3.05) is 6.54 Å². The molecule has 1 heterocycles. The van der Waals surface area contributed by atoms with Gasteiger partial charge in [-0.15, -0.1) is 0 Å². The van der Waals surface area contributed by atoms with Crippen LogP contribution in [0.15, 0.2) is 41.5 Å². The number of nitrogens with zero attached hydrogens (tertiary/aromatic N) is 1. The second-order valence-electron chi connectivity index (χ2n) is 4.28. The van der Waals surface area contributed by atoms with Crippen LogP contribution in [-0.4, -0.2) is 30.6 Å². The number of carbonyl (C=O) groups excluding carboxylic acids is 3. The molecule has 4 amide bonds. The van der Waals surface area contributed by atoms with E-state index in [4.69, 9.17) is 0 Å². The van der Waals surface area contributed by atoms with Crippen LogP contribution in [0.5, 0.6) is 0 Å². The van der Waals surface area contributed by atoms with Crippen molar-refractivity contribution in [2.45, 2.75) is 0 Å². The van der Waals surface area contributed by atoms with Crippen molar-refractivity contribution in [3.05, 3.63) is 42.0 Å². The fraction of sp³-hybridized carbons (Fsp3) is 0.143. The summed E-state index contributed by atoms with van der Waals surface area (Å²) in [5, 5.41) is 8.10. The van der Waals surface area contributed by atoms with Gasteiger partial charge in [0.1, 0.15) is 5.92 Å². The van der Waals surface area contributed by atoms with Gasteiger partial charge in [0, 0.05) is 12.8 Å². The molecule has 7 heteroatoms. The lowest BCUT2D eigenvalue weighted by Crippen LogP contribution is -2.56. The highest BCUT2D eigenvalue weighted by Gasteiger charge is 2.32. The maximum Gasteiger partial charge on any atom is 0.321 e. The van der Waals surface area contributed by atoms with Crippen molar-refractivity contribution in [1.82, 2.24) is 16.1 Å². The van der Waals surface area contributed by atoms with E-state index in [2.05, 4.69) is 15.8 Å². The molecule has 0 spiro atoms. The first kappa shape index (κ1) is 14.4. The number of hydrazone groups is 1. The lowest BCUT2D eigenvalue weighted by molar-refractivity contribution is -0.135. The zero-order chi connectivity index (χ0) is 15.1. The maximum absolute atomic E-state index is 11.7. The van der Waals surface area contributed by atoms with Gasteiger partial charge in [0.25, 0.3) is 5.91 Å². The van der Waals surface area contributed by atoms with Crippen molar-refractivity contribution in [3.8, 4) is 0 Å². The Morgan fingerprint density at radius 2 is 2.05 bits per heavy atom. The molecule has 1 aromatic carbocycles. The van der Waals surface area contributed by atoms with E-state index < -0.39 is 23.8 Å². The summed E-state index contributed by atoms with van der Waals surface area (Å²) >= 11 is 0. The third-order valence-electron chi connectivity index (χ3n) is 2.76. The van der Waals surface area contributed by atoms with Gasteiger partial charge < -0.3 is 5.32 Å². The summed E-state index contributed by atoms with van der Waals surface area (Å²) in [6.45, 7) is -0.0358. The number of allylic oxidation sites excluding steroid dienone is 1. The average molecular weight is 286 g/mol. The topological polar surface area (TPSA) is 99.7 Å². The normalized spacial score (nSPS) is 18.6. The van der Waals surface area contributed by atoms with Gasteiger partial charge in [-0.3, -0.25) is 14.9 Å². The largest absolute Gasteiger partial charge is 0.336 e. The van der Waals surface area contributed by atoms with E-state index in [1.807, 2.05) is 41.7 Å². The number of imide groups is 1. The minimum absolute atomic E-state index is 0.0358. The monoisotopic (exact) mass is 286 g/mol. The van der Waals surface area contributed by atoms with Crippen molar-refractivity contribution in [1.29, 1.82) is 0 Å². The lowest BCUT2D eigenvalue weighted by atomic mass is 10.1. The molecule has 21 heavy (non-hydrogen) atoms. The quantitative estimate of drug-likeness (QED) is 0.420. The summed E-state index contributed by atoms with van der Waals surface area (Å²) in [5.41, 5.74) is 3.26. The van der Waals surface area contributed by atoms with Crippen LogP contribution < -0.4 is 16.1 Å². The van der Waals surface area contributed by atoms with Gasteiger partial charge in [-0.25, -0.2) is 10.2 Å². The average Bonchev–Trinajstić information content (AvgIpc) is 2.47. The standard InChI is InChI=1S/C14H14N4O3/c19-12-11(9-15-14(21)17-12)13(20)18-16-8-4-7-10-5-2-1-3-6-10/h1-8,11H,9H2,(H,18,20)(H2,15,17,19,21)/b7-4+,16-8+. The number of hydrogen-bond donors (Lipinski definition) is 3. The first-order valence-electron chi connectivity index (χ1n) is 6.30. The van der Waals surface area contributed by atoms with E-state index in [0.29, 0.717) is 0 Å². The number of rotatable bonds is 4. The Hall–Kier alpha value is -2.96. The van der Waals surface area contributed by atoms with E-state index in [9.17, 15) is 14.4 Å². The maximum atomic E-state index is 11.7. The summed E-state index contributed by atoms with van der Waals surface area (Å²) < 4.78 is 0. The van der Waals surface area contributed by atoms with Gasteiger partial charge in [0.2, 0.25) is 5.91 Å². The van der Waals surface area contributed by atoms with Gasteiger partial charge in [-0.05, 0) is 11.6 Å². The molecule has 1 fully saturated rings. The van der Waals surface area contributed by atoms with E-state index >= 15 is 0 Å². The molecule has 0 aromatic heterocycles. The van der Waals surface area contributed by atoms with Crippen LogP contribution in [0.3, 0.4) is 0 Å².